The number of carbonyl (C=O) groups is 1. The second kappa shape index (κ2) is 20.9. The Balaban J connectivity index is 1.29. The van der Waals surface area contributed by atoms with Crippen molar-refractivity contribution in [1.29, 1.82) is 0 Å². The Hall–Kier alpha value is -2.10. The summed E-state index contributed by atoms with van der Waals surface area (Å²) in [4.78, 5) is 13.3. The number of hydrogen-bond acceptors (Lipinski definition) is 2. The number of aliphatic carboxylic acids is 1. The summed E-state index contributed by atoms with van der Waals surface area (Å²) in [5.41, 5.74) is 2.84. The van der Waals surface area contributed by atoms with Crippen LogP contribution in [0.25, 0.3) is 15.9 Å². The van der Waals surface area contributed by atoms with E-state index < -0.39 is 5.97 Å². The number of aromatic nitrogens is 1. The molecule has 4 nitrogen and oxygen atoms in total. The Morgan fingerprint density at radius 2 is 1.40 bits per heavy atom. The van der Waals surface area contributed by atoms with Crippen LogP contribution in [0.15, 0.2) is 65.3 Å². The van der Waals surface area contributed by atoms with E-state index in [0.717, 1.165) is 32.4 Å². The Morgan fingerprint density at radius 3 is 2.13 bits per heavy atom. The Bertz CT molecular complexity index is 1360. The van der Waals surface area contributed by atoms with E-state index in [9.17, 15) is 4.79 Å². The van der Waals surface area contributed by atoms with E-state index in [1.165, 1.54) is 119 Å². The van der Waals surface area contributed by atoms with Crippen LogP contribution in [0, 0.1) is 0 Å². The van der Waals surface area contributed by atoms with Crippen LogP contribution < -0.4 is 13.9 Å². The summed E-state index contributed by atoms with van der Waals surface area (Å²) in [5.74, 6) is -0.668. The molecule has 4 rings (SSSR count). The average molecular weight is 742 g/mol. The first-order valence-electron chi connectivity index (χ1n) is 17.7. The molecule has 0 saturated heterocycles. The van der Waals surface area contributed by atoms with Gasteiger partial charge in [0.1, 0.15) is 0 Å². The number of carboxylic acid groups (broad SMARTS) is 1. The summed E-state index contributed by atoms with van der Waals surface area (Å²) < 4.78 is 8.62. The fourth-order valence-electron chi connectivity index (χ4n) is 6.22. The fourth-order valence-corrected chi connectivity index (χ4v) is 10.8. The molecule has 0 fully saturated rings. The van der Waals surface area contributed by atoms with Crippen molar-refractivity contribution in [3.8, 4) is 0 Å². The standard InChI is InChI=1S/C39H54N2O2Se2/c1-2-3-4-5-6-8-11-14-21-31-40-33-24-17-19-26-35(33)44-37(40)28-23-29-38-41(34-25-18-20-27-36(34)45-38)32-22-15-12-9-7-10-13-16-30-39(42)43/h17-20,23-29H,2-16,21-22,30-32H2,1H3/p+1. The molecule has 0 atom stereocenters. The van der Waals surface area contributed by atoms with E-state index in [1.807, 2.05) is 0 Å². The van der Waals surface area contributed by atoms with Gasteiger partial charge in [-0.1, -0.05) is 6.92 Å². The first-order chi connectivity index (χ1) is 22.2. The Labute approximate surface area is 284 Å². The Morgan fingerprint density at radius 1 is 0.778 bits per heavy atom. The predicted molar refractivity (Wildman–Crippen MR) is 194 cm³/mol. The zero-order valence-electron chi connectivity index (χ0n) is 27.6. The maximum absolute atomic E-state index is 10.7. The van der Waals surface area contributed by atoms with Crippen LogP contribution in [-0.4, -0.2) is 47.1 Å². The minimum atomic E-state index is -0.668. The third-order valence-corrected chi connectivity index (χ3v) is 13.5. The van der Waals surface area contributed by atoms with Gasteiger partial charge in [0.25, 0.3) is 0 Å². The molecule has 0 bridgehead atoms. The van der Waals surface area contributed by atoms with Crippen molar-refractivity contribution in [2.75, 3.05) is 11.4 Å². The van der Waals surface area contributed by atoms with Crippen LogP contribution in [0.1, 0.15) is 127 Å². The van der Waals surface area contributed by atoms with Crippen LogP contribution in [0.5, 0.6) is 0 Å². The molecule has 0 unspecified atom stereocenters. The summed E-state index contributed by atoms with van der Waals surface area (Å²) >= 11 is 0.714. The fraction of sp³-hybridized carbons (Fsp3) is 0.538. The molecule has 1 N–H and O–H groups in total. The molecule has 2 aromatic carbocycles. The quantitative estimate of drug-likeness (QED) is 0.0600. The molecule has 2 heterocycles. The molecule has 1 aliphatic rings. The van der Waals surface area contributed by atoms with Crippen LogP contribution >= 0.6 is 0 Å². The zero-order chi connectivity index (χ0) is 31.5. The van der Waals surface area contributed by atoms with Gasteiger partial charge in [0, 0.05) is 0 Å². The van der Waals surface area contributed by atoms with Crippen molar-refractivity contribution in [3.63, 3.8) is 0 Å². The molecule has 3 aromatic rings. The number of hydrogen-bond donors (Lipinski definition) is 1. The number of fused-ring (bicyclic) bond motifs is 2. The molecule has 0 radical (unpaired) electrons. The van der Waals surface area contributed by atoms with Crippen molar-refractivity contribution in [3.05, 3.63) is 69.8 Å². The second-order valence-corrected chi connectivity index (χ2v) is 16.9. The van der Waals surface area contributed by atoms with Crippen molar-refractivity contribution in [2.24, 2.45) is 0 Å². The molecule has 0 saturated carbocycles. The molecular weight excluding hydrogens is 686 g/mol. The van der Waals surface area contributed by atoms with Gasteiger partial charge in [0.15, 0.2) is 0 Å². The Kier molecular flexibility index (Phi) is 16.6. The third kappa shape index (κ3) is 12.2. The van der Waals surface area contributed by atoms with Crippen molar-refractivity contribution in [2.45, 2.75) is 129 Å². The zero-order valence-corrected chi connectivity index (χ0v) is 31.0. The van der Waals surface area contributed by atoms with Crippen molar-refractivity contribution >= 4 is 61.4 Å². The number of benzene rings is 2. The van der Waals surface area contributed by atoms with Crippen molar-refractivity contribution in [1.82, 2.24) is 0 Å². The van der Waals surface area contributed by atoms with Gasteiger partial charge in [-0.3, -0.25) is 4.79 Å². The van der Waals surface area contributed by atoms with Gasteiger partial charge < -0.3 is 5.11 Å². The SMILES string of the molecule is CCCCCCCCCCC[n+]1c(/C=C/C=C2\[Se]c3ccccc3N2CCCCCCCCCCC(=O)O)[se]c2ccccc21. The maximum atomic E-state index is 10.7. The molecule has 0 spiro atoms. The van der Waals surface area contributed by atoms with Gasteiger partial charge in [-0.2, -0.15) is 0 Å². The topological polar surface area (TPSA) is 44.4 Å². The minimum absolute atomic E-state index is 0.315. The van der Waals surface area contributed by atoms with E-state index in [0.29, 0.717) is 35.9 Å². The molecule has 0 amide bonds. The number of anilines is 1. The van der Waals surface area contributed by atoms with Gasteiger partial charge in [-0.15, -0.1) is 0 Å². The summed E-state index contributed by atoms with van der Waals surface area (Å²) in [6, 6.07) is 18.0. The summed E-state index contributed by atoms with van der Waals surface area (Å²) in [6.07, 6.45) is 29.1. The van der Waals surface area contributed by atoms with E-state index in [4.69, 9.17) is 5.11 Å². The monoisotopic (exact) mass is 743 g/mol. The number of carboxylic acids is 1. The first-order valence-corrected chi connectivity index (χ1v) is 21.2. The van der Waals surface area contributed by atoms with Crippen molar-refractivity contribution < 1.29 is 14.5 Å². The van der Waals surface area contributed by atoms with Gasteiger partial charge in [0.2, 0.25) is 0 Å². The van der Waals surface area contributed by atoms with Gasteiger partial charge in [-0.05, 0) is 0 Å². The molecule has 1 aliphatic heterocycles. The second-order valence-electron chi connectivity index (χ2n) is 12.4. The average Bonchev–Trinajstić information content (AvgIpc) is 3.58. The number of unbranched alkanes of at least 4 members (excludes halogenated alkanes) is 15. The molecular formula is C39H55N2O2Se2+. The molecule has 6 heteroatoms. The normalized spacial score (nSPS) is 13.9. The van der Waals surface area contributed by atoms with E-state index in [1.54, 1.807) is 0 Å². The number of para-hydroxylation sites is 2. The van der Waals surface area contributed by atoms with E-state index >= 15 is 0 Å². The van der Waals surface area contributed by atoms with Gasteiger partial charge in [-0.25, -0.2) is 0 Å². The first kappa shape index (κ1) is 35.7. The van der Waals surface area contributed by atoms with Gasteiger partial charge in [0.05, 0.1) is 0 Å². The van der Waals surface area contributed by atoms with Gasteiger partial charge >= 0.3 is 269 Å². The molecule has 0 aliphatic carbocycles. The molecule has 244 valence electrons. The van der Waals surface area contributed by atoms with Crippen LogP contribution in [0.4, 0.5) is 5.69 Å². The summed E-state index contributed by atoms with van der Waals surface area (Å²) in [7, 11) is 0. The number of allylic oxidation sites excluding steroid dienone is 2. The van der Waals surface area contributed by atoms with E-state index in [2.05, 4.69) is 83.1 Å². The number of nitrogens with zero attached hydrogens (tertiary/aromatic N) is 2. The number of aryl methyl sites for hydroxylation is 1. The summed E-state index contributed by atoms with van der Waals surface area (Å²) in [6.45, 7) is 4.52. The van der Waals surface area contributed by atoms with Crippen LogP contribution in [0.2, 0.25) is 0 Å². The predicted octanol–water partition coefficient (Wildman–Crippen LogP) is 9.01. The molecule has 1 aromatic heterocycles. The van der Waals surface area contributed by atoms with E-state index in [-0.39, 0.29) is 0 Å². The third-order valence-electron chi connectivity index (χ3n) is 8.76. The van der Waals surface area contributed by atoms with Crippen LogP contribution in [0.3, 0.4) is 0 Å². The van der Waals surface area contributed by atoms with Crippen LogP contribution in [-0.2, 0) is 11.3 Å². The summed E-state index contributed by atoms with van der Waals surface area (Å²) in [5, 5.41) is 8.78. The number of rotatable bonds is 23. The molecule has 45 heavy (non-hydrogen) atoms.